The van der Waals surface area contributed by atoms with E-state index in [0.717, 1.165) is 25.8 Å². The summed E-state index contributed by atoms with van der Waals surface area (Å²) in [7, 11) is 0. The van der Waals surface area contributed by atoms with Gasteiger partial charge in [-0.05, 0) is 46.0 Å². The second kappa shape index (κ2) is 7.26. The minimum Gasteiger partial charge on any atom is -0.461 e. The van der Waals surface area contributed by atoms with Crippen LogP contribution in [0, 0.1) is 0 Å². The molecule has 0 spiro atoms. The van der Waals surface area contributed by atoms with Crippen molar-refractivity contribution in [2.75, 3.05) is 11.9 Å². The van der Waals surface area contributed by atoms with E-state index < -0.39 is 0 Å². The minimum atomic E-state index is 0.0238. The van der Waals surface area contributed by atoms with Gasteiger partial charge in [0.25, 0.3) is 0 Å². The van der Waals surface area contributed by atoms with Crippen LogP contribution in [0.4, 0.5) is 5.95 Å². The first kappa shape index (κ1) is 14.8. The summed E-state index contributed by atoms with van der Waals surface area (Å²) in [5.41, 5.74) is 0. The highest BCUT2D eigenvalue weighted by molar-refractivity contribution is 5.27. The van der Waals surface area contributed by atoms with Gasteiger partial charge in [-0.15, -0.1) is 4.98 Å². The van der Waals surface area contributed by atoms with Crippen LogP contribution in [0.3, 0.4) is 0 Å². The zero-order chi connectivity index (χ0) is 14.4. The number of nitrogens with one attached hydrogen (secondary N) is 1. The Morgan fingerprint density at radius 1 is 1.15 bits per heavy atom. The van der Waals surface area contributed by atoms with Crippen LogP contribution in [0.15, 0.2) is 0 Å². The molecule has 0 aliphatic heterocycles. The molecule has 1 N–H and O–H groups in total. The van der Waals surface area contributed by atoms with Gasteiger partial charge in [-0.3, -0.25) is 0 Å². The number of rotatable bonds is 7. The van der Waals surface area contributed by atoms with E-state index >= 15 is 0 Å². The van der Waals surface area contributed by atoms with Crippen LogP contribution in [0.5, 0.6) is 12.0 Å². The van der Waals surface area contributed by atoms with Gasteiger partial charge in [0.15, 0.2) is 0 Å². The summed E-state index contributed by atoms with van der Waals surface area (Å²) in [5, 5.41) is 3.15. The number of hydrogen-bond donors (Lipinski definition) is 1. The predicted molar refractivity (Wildman–Crippen MR) is 77.3 cm³/mol. The molecule has 0 unspecified atom stereocenters. The molecule has 0 radical (unpaired) electrons. The summed E-state index contributed by atoms with van der Waals surface area (Å²) in [6.07, 6.45) is 5.83. The summed E-state index contributed by atoms with van der Waals surface area (Å²) in [4.78, 5) is 12.8. The molecule has 20 heavy (non-hydrogen) atoms. The topological polar surface area (TPSA) is 69.2 Å². The Hall–Kier alpha value is -1.59. The lowest BCUT2D eigenvalue weighted by atomic mass is 10.3. The standard InChI is InChI=1S/C14H24N4O2/c1-4-9-15-12-16-13(19-10(2)3)18-14(17-12)20-11-7-5-6-8-11/h10-11H,4-9H2,1-3H3,(H,15,16,17,18). The average Bonchev–Trinajstić information content (AvgIpc) is 2.88. The van der Waals surface area contributed by atoms with Crippen molar-refractivity contribution < 1.29 is 9.47 Å². The number of anilines is 1. The van der Waals surface area contributed by atoms with Crippen LogP contribution < -0.4 is 14.8 Å². The smallest absolute Gasteiger partial charge is 0.324 e. The first-order valence-electron chi connectivity index (χ1n) is 7.50. The maximum Gasteiger partial charge on any atom is 0.324 e. The Labute approximate surface area is 120 Å². The molecule has 6 heteroatoms. The SMILES string of the molecule is CCCNc1nc(OC(C)C)nc(OC2CCCC2)n1. The highest BCUT2D eigenvalue weighted by atomic mass is 16.5. The molecule has 1 heterocycles. The van der Waals surface area contributed by atoms with E-state index in [0.29, 0.717) is 18.0 Å². The lowest BCUT2D eigenvalue weighted by molar-refractivity contribution is 0.179. The van der Waals surface area contributed by atoms with Crippen molar-refractivity contribution in [3.8, 4) is 12.0 Å². The predicted octanol–water partition coefficient (Wildman–Crippen LogP) is 2.80. The molecule has 1 aromatic rings. The molecule has 0 atom stereocenters. The largest absolute Gasteiger partial charge is 0.461 e. The molecular formula is C14H24N4O2. The van der Waals surface area contributed by atoms with Gasteiger partial charge in [0.05, 0.1) is 6.10 Å². The fourth-order valence-corrected chi connectivity index (χ4v) is 2.13. The normalized spacial score (nSPS) is 15.6. The molecule has 1 aliphatic rings. The van der Waals surface area contributed by atoms with E-state index in [1.807, 2.05) is 13.8 Å². The summed E-state index contributed by atoms with van der Waals surface area (Å²) in [6, 6.07) is 0.683. The zero-order valence-electron chi connectivity index (χ0n) is 12.6. The number of nitrogens with zero attached hydrogens (tertiary/aromatic N) is 3. The van der Waals surface area contributed by atoms with Gasteiger partial charge in [-0.25, -0.2) is 0 Å². The second-order valence-electron chi connectivity index (χ2n) is 5.34. The fraction of sp³-hybridized carbons (Fsp3) is 0.786. The Morgan fingerprint density at radius 3 is 2.50 bits per heavy atom. The van der Waals surface area contributed by atoms with E-state index in [1.165, 1.54) is 12.8 Å². The van der Waals surface area contributed by atoms with Crippen molar-refractivity contribution in [2.45, 2.75) is 65.1 Å². The van der Waals surface area contributed by atoms with E-state index in [2.05, 4.69) is 27.2 Å². The van der Waals surface area contributed by atoms with Crippen molar-refractivity contribution in [1.82, 2.24) is 15.0 Å². The molecule has 1 aliphatic carbocycles. The van der Waals surface area contributed by atoms with Gasteiger partial charge < -0.3 is 14.8 Å². The van der Waals surface area contributed by atoms with Gasteiger partial charge in [0, 0.05) is 6.54 Å². The molecule has 0 aromatic carbocycles. The molecule has 0 bridgehead atoms. The van der Waals surface area contributed by atoms with Gasteiger partial charge in [-0.1, -0.05) is 6.92 Å². The van der Waals surface area contributed by atoms with Crippen molar-refractivity contribution in [3.63, 3.8) is 0 Å². The van der Waals surface area contributed by atoms with Crippen molar-refractivity contribution in [2.24, 2.45) is 0 Å². The summed E-state index contributed by atoms with van der Waals surface area (Å²) in [5.74, 6) is 0.519. The number of aromatic nitrogens is 3. The van der Waals surface area contributed by atoms with Crippen molar-refractivity contribution in [1.29, 1.82) is 0 Å². The molecule has 6 nitrogen and oxygen atoms in total. The van der Waals surface area contributed by atoms with E-state index in [9.17, 15) is 0 Å². The summed E-state index contributed by atoms with van der Waals surface area (Å²) < 4.78 is 11.4. The quantitative estimate of drug-likeness (QED) is 0.828. The van der Waals surface area contributed by atoms with E-state index in [4.69, 9.17) is 9.47 Å². The van der Waals surface area contributed by atoms with Crippen LogP contribution in [-0.2, 0) is 0 Å². The molecule has 0 amide bonds. The molecule has 112 valence electrons. The number of hydrogen-bond acceptors (Lipinski definition) is 6. The zero-order valence-corrected chi connectivity index (χ0v) is 12.6. The third kappa shape index (κ3) is 4.51. The lowest BCUT2D eigenvalue weighted by Gasteiger charge is -2.14. The van der Waals surface area contributed by atoms with Crippen LogP contribution >= 0.6 is 0 Å². The van der Waals surface area contributed by atoms with Crippen molar-refractivity contribution >= 4 is 5.95 Å². The first-order chi connectivity index (χ1) is 9.67. The molecule has 2 rings (SSSR count). The Kier molecular flexibility index (Phi) is 5.38. The van der Waals surface area contributed by atoms with Crippen LogP contribution in [0.25, 0.3) is 0 Å². The molecule has 0 saturated heterocycles. The number of ether oxygens (including phenoxy) is 2. The first-order valence-corrected chi connectivity index (χ1v) is 7.50. The fourth-order valence-electron chi connectivity index (χ4n) is 2.13. The van der Waals surface area contributed by atoms with Crippen molar-refractivity contribution in [3.05, 3.63) is 0 Å². The van der Waals surface area contributed by atoms with Gasteiger partial charge >= 0.3 is 12.0 Å². The monoisotopic (exact) mass is 280 g/mol. The third-order valence-corrected chi connectivity index (χ3v) is 3.04. The van der Waals surface area contributed by atoms with Gasteiger partial charge in [-0.2, -0.15) is 9.97 Å². The van der Waals surface area contributed by atoms with Gasteiger partial charge in [0.1, 0.15) is 6.10 Å². The maximum atomic E-state index is 5.84. The minimum absolute atomic E-state index is 0.0238. The average molecular weight is 280 g/mol. The maximum absolute atomic E-state index is 5.84. The summed E-state index contributed by atoms with van der Waals surface area (Å²) >= 11 is 0. The second-order valence-corrected chi connectivity index (χ2v) is 5.34. The third-order valence-electron chi connectivity index (χ3n) is 3.04. The van der Waals surface area contributed by atoms with E-state index in [1.54, 1.807) is 0 Å². The lowest BCUT2D eigenvalue weighted by Crippen LogP contribution is -2.16. The van der Waals surface area contributed by atoms with Gasteiger partial charge in [0.2, 0.25) is 5.95 Å². The van der Waals surface area contributed by atoms with Crippen LogP contribution in [0.2, 0.25) is 0 Å². The highest BCUT2D eigenvalue weighted by Gasteiger charge is 2.19. The van der Waals surface area contributed by atoms with E-state index in [-0.39, 0.29) is 12.2 Å². The van der Waals surface area contributed by atoms with Crippen LogP contribution in [0.1, 0.15) is 52.9 Å². The Morgan fingerprint density at radius 2 is 1.85 bits per heavy atom. The Balaban J connectivity index is 2.10. The molecule has 1 aromatic heterocycles. The molecular weight excluding hydrogens is 256 g/mol. The molecule has 1 saturated carbocycles. The molecule has 1 fully saturated rings. The summed E-state index contributed by atoms with van der Waals surface area (Å²) in [6.45, 7) is 6.80. The highest BCUT2D eigenvalue weighted by Crippen LogP contribution is 2.23. The Bertz CT molecular complexity index is 420. The van der Waals surface area contributed by atoms with Crippen LogP contribution in [-0.4, -0.2) is 33.7 Å².